The van der Waals surface area contributed by atoms with Crippen LogP contribution in [0.4, 0.5) is 0 Å². The van der Waals surface area contributed by atoms with Crippen LogP contribution in [0.25, 0.3) is 21.0 Å². The molecule has 1 amide bonds. The minimum Gasteiger partial charge on any atom is -0.387 e. The van der Waals surface area contributed by atoms with Crippen molar-refractivity contribution in [2.24, 2.45) is 0 Å². The van der Waals surface area contributed by atoms with E-state index in [9.17, 15) is 9.59 Å². The van der Waals surface area contributed by atoms with Crippen LogP contribution in [0, 0.1) is 0 Å². The maximum Gasteiger partial charge on any atom is 0.437 e. The topological polar surface area (TPSA) is 81.2 Å². The van der Waals surface area contributed by atoms with E-state index in [0.717, 1.165) is 39.4 Å². The highest BCUT2D eigenvalue weighted by Gasteiger charge is 2.30. The van der Waals surface area contributed by atoms with Gasteiger partial charge in [-0.1, -0.05) is 18.2 Å². The molecular formula is C21H20N4O3S2. The van der Waals surface area contributed by atoms with Crippen LogP contribution >= 0.6 is 22.7 Å². The van der Waals surface area contributed by atoms with E-state index in [-0.39, 0.29) is 24.9 Å². The molecule has 0 unspecified atom stereocenters. The fraction of sp³-hybridized carbons (Fsp3) is 0.333. The molecule has 0 aliphatic carbocycles. The second-order valence-corrected chi connectivity index (χ2v) is 9.25. The lowest BCUT2D eigenvalue weighted by molar-refractivity contribution is -0.135. The Labute approximate surface area is 180 Å². The van der Waals surface area contributed by atoms with Crippen molar-refractivity contribution in [1.29, 1.82) is 0 Å². The van der Waals surface area contributed by atoms with Gasteiger partial charge >= 0.3 is 5.76 Å². The van der Waals surface area contributed by atoms with Crippen molar-refractivity contribution in [2.45, 2.75) is 38.3 Å². The lowest BCUT2D eigenvalue weighted by atomic mass is 10.0. The first kappa shape index (κ1) is 19.2. The third-order valence-corrected chi connectivity index (χ3v) is 7.29. The van der Waals surface area contributed by atoms with Gasteiger partial charge in [-0.25, -0.2) is 9.78 Å². The Morgan fingerprint density at radius 2 is 2.10 bits per heavy atom. The van der Waals surface area contributed by atoms with Crippen molar-refractivity contribution in [3.8, 4) is 10.8 Å². The molecule has 1 aliphatic heterocycles. The Kier molecular flexibility index (Phi) is 5.22. The number of carbonyl (C=O) groups is 1. The summed E-state index contributed by atoms with van der Waals surface area (Å²) in [5.74, 6) is -0.216. The molecule has 1 aliphatic rings. The summed E-state index contributed by atoms with van der Waals surface area (Å²) >= 11 is 3.11. The molecule has 0 radical (unpaired) electrons. The normalized spacial score (nSPS) is 16.9. The molecule has 9 heteroatoms. The number of thiophene rings is 1. The molecular weight excluding hydrogens is 420 g/mol. The molecule has 1 aromatic carbocycles. The largest absolute Gasteiger partial charge is 0.437 e. The van der Waals surface area contributed by atoms with Gasteiger partial charge in [0.1, 0.15) is 5.01 Å². The minimum absolute atomic E-state index is 0.000592. The summed E-state index contributed by atoms with van der Waals surface area (Å²) < 4.78 is 7.61. The highest BCUT2D eigenvalue weighted by Crippen LogP contribution is 2.36. The highest BCUT2D eigenvalue weighted by atomic mass is 32.1. The van der Waals surface area contributed by atoms with Gasteiger partial charge in [-0.2, -0.15) is 4.68 Å². The number of thiazole rings is 1. The van der Waals surface area contributed by atoms with E-state index < -0.39 is 5.76 Å². The summed E-state index contributed by atoms with van der Waals surface area (Å²) in [5, 5.41) is 7.13. The Bertz CT molecular complexity index is 1190. The second kappa shape index (κ2) is 8.16. The predicted octanol–water partition coefficient (Wildman–Crippen LogP) is 4.32. The number of hydrogen-bond donors (Lipinski definition) is 0. The monoisotopic (exact) mass is 440 g/mol. The molecule has 0 spiro atoms. The molecule has 154 valence electrons. The van der Waals surface area contributed by atoms with Crippen molar-refractivity contribution in [1.82, 2.24) is 19.7 Å². The van der Waals surface area contributed by atoms with Crippen LogP contribution in [0.2, 0.25) is 0 Å². The van der Waals surface area contributed by atoms with Gasteiger partial charge in [0, 0.05) is 13.0 Å². The SMILES string of the molecule is O=C(CCn1nc(-c2cccs2)oc1=O)N1CCCC[C@H]1c1nc2ccccc2s1. The number of rotatable bonds is 5. The standard InChI is InChI=1S/C21H20N4O3S2/c26-18(10-12-25-21(27)28-19(23-25)17-9-5-13-29-17)24-11-4-3-7-15(24)20-22-14-6-1-2-8-16(14)30-20/h1-2,5-6,8-9,13,15H,3-4,7,10-12H2/t15-/m0/s1. The Morgan fingerprint density at radius 3 is 2.93 bits per heavy atom. The molecule has 1 atom stereocenters. The van der Waals surface area contributed by atoms with Crippen LogP contribution in [0.5, 0.6) is 0 Å². The van der Waals surface area contributed by atoms with E-state index in [1.165, 1.54) is 16.0 Å². The number of aromatic nitrogens is 3. The minimum atomic E-state index is -0.535. The third-order valence-electron chi connectivity index (χ3n) is 5.29. The average molecular weight is 441 g/mol. The van der Waals surface area contributed by atoms with Crippen molar-refractivity contribution < 1.29 is 9.21 Å². The van der Waals surface area contributed by atoms with E-state index in [0.29, 0.717) is 12.4 Å². The summed E-state index contributed by atoms with van der Waals surface area (Å²) in [5.41, 5.74) is 0.978. The van der Waals surface area contributed by atoms with E-state index in [2.05, 4.69) is 11.2 Å². The van der Waals surface area contributed by atoms with Crippen LogP contribution in [0.3, 0.4) is 0 Å². The lowest BCUT2D eigenvalue weighted by Gasteiger charge is -2.34. The molecule has 3 aromatic heterocycles. The Hall–Kier alpha value is -2.78. The van der Waals surface area contributed by atoms with Crippen molar-refractivity contribution in [3.05, 3.63) is 57.3 Å². The first-order valence-corrected chi connectivity index (χ1v) is 11.7. The van der Waals surface area contributed by atoms with Gasteiger partial charge in [0.25, 0.3) is 5.89 Å². The first-order chi connectivity index (χ1) is 14.7. The van der Waals surface area contributed by atoms with Crippen LogP contribution in [0.1, 0.15) is 36.7 Å². The van der Waals surface area contributed by atoms with Crippen molar-refractivity contribution >= 4 is 38.8 Å². The number of aryl methyl sites for hydroxylation is 1. The fourth-order valence-electron chi connectivity index (χ4n) is 3.81. The number of piperidine rings is 1. The zero-order valence-corrected chi connectivity index (χ0v) is 17.8. The zero-order valence-electron chi connectivity index (χ0n) is 16.2. The first-order valence-electron chi connectivity index (χ1n) is 9.96. The molecule has 7 nitrogen and oxygen atoms in total. The van der Waals surface area contributed by atoms with Crippen molar-refractivity contribution in [2.75, 3.05) is 6.54 Å². The number of carbonyl (C=O) groups excluding carboxylic acids is 1. The molecule has 0 bridgehead atoms. The maximum atomic E-state index is 13.0. The second-order valence-electron chi connectivity index (χ2n) is 7.24. The summed E-state index contributed by atoms with van der Waals surface area (Å²) in [6.07, 6.45) is 3.19. The molecule has 0 saturated carbocycles. The maximum absolute atomic E-state index is 13.0. The van der Waals surface area contributed by atoms with Gasteiger partial charge in [0.2, 0.25) is 5.91 Å². The van der Waals surface area contributed by atoms with Gasteiger partial charge in [0.15, 0.2) is 0 Å². The third kappa shape index (κ3) is 3.70. The van der Waals surface area contributed by atoms with Gasteiger partial charge in [-0.15, -0.1) is 27.8 Å². The molecule has 0 N–H and O–H groups in total. The number of benzene rings is 1. The Balaban J connectivity index is 1.31. The fourth-order valence-corrected chi connectivity index (χ4v) is 5.57. The van der Waals surface area contributed by atoms with E-state index >= 15 is 0 Å². The smallest absolute Gasteiger partial charge is 0.387 e. The molecule has 5 rings (SSSR count). The lowest BCUT2D eigenvalue weighted by Crippen LogP contribution is -2.39. The van der Waals surface area contributed by atoms with E-state index in [1.807, 2.05) is 40.6 Å². The summed E-state index contributed by atoms with van der Waals surface area (Å²) in [6, 6.07) is 11.8. The molecule has 1 fully saturated rings. The summed E-state index contributed by atoms with van der Waals surface area (Å²) in [4.78, 5) is 32.7. The summed E-state index contributed by atoms with van der Waals surface area (Å²) in [7, 11) is 0. The summed E-state index contributed by atoms with van der Waals surface area (Å²) in [6.45, 7) is 0.920. The van der Waals surface area contributed by atoms with Crippen LogP contribution in [-0.4, -0.2) is 32.1 Å². The number of nitrogens with zero attached hydrogens (tertiary/aromatic N) is 4. The van der Waals surface area contributed by atoms with Gasteiger partial charge in [-0.05, 0) is 42.8 Å². The number of para-hydroxylation sites is 1. The zero-order chi connectivity index (χ0) is 20.5. The Morgan fingerprint density at radius 1 is 1.20 bits per heavy atom. The van der Waals surface area contributed by atoms with Crippen LogP contribution < -0.4 is 5.76 Å². The quantitative estimate of drug-likeness (QED) is 0.462. The molecule has 30 heavy (non-hydrogen) atoms. The van der Waals surface area contributed by atoms with Gasteiger partial charge < -0.3 is 9.32 Å². The molecule has 1 saturated heterocycles. The molecule has 4 aromatic rings. The van der Waals surface area contributed by atoms with Gasteiger partial charge in [-0.3, -0.25) is 4.79 Å². The highest BCUT2D eigenvalue weighted by molar-refractivity contribution is 7.18. The number of hydrogen-bond acceptors (Lipinski definition) is 7. The van der Waals surface area contributed by atoms with Crippen LogP contribution in [-0.2, 0) is 11.3 Å². The van der Waals surface area contributed by atoms with Crippen LogP contribution in [0.15, 0.2) is 51.0 Å². The number of amides is 1. The van der Waals surface area contributed by atoms with E-state index in [4.69, 9.17) is 9.40 Å². The van der Waals surface area contributed by atoms with E-state index in [1.54, 1.807) is 11.3 Å². The number of fused-ring (bicyclic) bond motifs is 1. The average Bonchev–Trinajstić information content (AvgIpc) is 3.51. The molecule has 4 heterocycles. The van der Waals surface area contributed by atoms with Crippen molar-refractivity contribution in [3.63, 3.8) is 0 Å². The van der Waals surface area contributed by atoms with Gasteiger partial charge in [0.05, 0.1) is 27.7 Å². The predicted molar refractivity (Wildman–Crippen MR) is 117 cm³/mol. The number of likely N-dealkylation sites (tertiary alicyclic amines) is 1.